The van der Waals surface area contributed by atoms with Gasteiger partial charge >= 0.3 is 6.03 Å². The van der Waals surface area contributed by atoms with Crippen LogP contribution in [0.15, 0.2) is 72.8 Å². The molecule has 3 aromatic rings. The molecule has 5 N–H and O–H groups in total. The predicted molar refractivity (Wildman–Crippen MR) is 121 cm³/mol. The number of amides is 4. The number of para-hydroxylation sites is 1. The number of fused-ring (bicyclic) bond motifs is 1. The molecule has 0 spiro atoms. The Morgan fingerprint density at radius 2 is 1.65 bits per heavy atom. The molecule has 10 nitrogen and oxygen atoms in total. The van der Waals surface area contributed by atoms with Crippen LogP contribution in [0.2, 0.25) is 0 Å². The number of ether oxygens (including phenoxy) is 3. The van der Waals surface area contributed by atoms with Gasteiger partial charge in [-0.25, -0.2) is 4.79 Å². The first-order valence-corrected chi connectivity index (χ1v) is 10.4. The SMILES string of the molecule is NC(=O)N[C@H](CC(=O)NNC(=O)c1ccc2c(c1)OCO2)c1cccc(Oc2ccccc2)c1. The zero-order valence-electron chi connectivity index (χ0n) is 17.9. The van der Waals surface area contributed by atoms with Crippen molar-refractivity contribution >= 4 is 17.8 Å². The largest absolute Gasteiger partial charge is 0.457 e. The van der Waals surface area contributed by atoms with E-state index in [1.807, 2.05) is 30.3 Å². The van der Waals surface area contributed by atoms with Crippen molar-refractivity contribution in [2.24, 2.45) is 5.73 Å². The number of hydrazine groups is 1. The predicted octanol–water partition coefficient (Wildman–Crippen LogP) is 2.77. The van der Waals surface area contributed by atoms with Gasteiger partial charge in [-0.1, -0.05) is 30.3 Å². The Labute approximate surface area is 195 Å². The molecule has 1 atom stereocenters. The van der Waals surface area contributed by atoms with Gasteiger partial charge in [-0.3, -0.25) is 20.4 Å². The van der Waals surface area contributed by atoms with Crippen LogP contribution in [0, 0.1) is 0 Å². The van der Waals surface area contributed by atoms with E-state index in [1.165, 1.54) is 6.07 Å². The van der Waals surface area contributed by atoms with Crippen LogP contribution in [0.1, 0.15) is 28.4 Å². The number of primary amides is 1. The lowest BCUT2D eigenvalue weighted by Crippen LogP contribution is -2.44. The molecule has 10 heteroatoms. The molecule has 4 amide bonds. The van der Waals surface area contributed by atoms with Crippen LogP contribution < -0.4 is 36.1 Å². The van der Waals surface area contributed by atoms with Gasteiger partial charge in [0.2, 0.25) is 12.7 Å². The summed E-state index contributed by atoms with van der Waals surface area (Å²) in [5.74, 6) is 1.08. The minimum atomic E-state index is -0.795. The fourth-order valence-corrected chi connectivity index (χ4v) is 3.32. The molecule has 0 radical (unpaired) electrons. The van der Waals surface area contributed by atoms with Gasteiger partial charge in [0.15, 0.2) is 11.5 Å². The average molecular weight is 462 g/mol. The number of benzene rings is 3. The van der Waals surface area contributed by atoms with Crippen molar-refractivity contribution in [2.45, 2.75) is 12.5 Å². The number of nitrogens with one attached hydrogen (secondary N) is 3. The van der Waals surface area contributed by atoms with Gasteiger partial charge in [-0.15, -0.1) is 0 Å². The first kappa shape index (κ1) is 22.5. The molecule has 0 aliphatic carbocycles. The van der Waals surface area contributed by atoms with E-state index in [4.69, 9.17) is 19.9 Å². The lowest BCUT2D eigenvalue weighted by atomic mass is 10.0. The molecule has 1 aliphatic rings. The lowest BCUT2D eigenvalue weighted by Gasteiger charge is -2.19. The summed E-state index contributed by atoms with van der Waals surface area (Å²) in [7, 11) is 0. The molecule has 1 heterocycles. The Hall–Kier alpha value is -4.73. The van der Waals surface area contributed by atoms with E-state index in [1.54, 1.807) is 36.4 Å². The fraction of sp³-hybridized carbons (Fsp3) is 0.125. The van der Waals surface area contributed by atoms with Gasteiger partial charge in [-0.2, -0.15) is 0 Å². The van der Waals surface area contributed by atoms with Gasteiger partial charge in [-0.05, 0) is 48.0 Å². The highest BCUT2D eigenvalue weighted by Gasteiger charge is 2.20. The molecular weight excluding hydrogens is 440 g/mol. The quantitative estimate of drug-likeness (QED) is 0.398. The summed E-state index contributed by atoms with van der Waals surface area (Å²) in [6.45, 7) is 0.0863. The summed E-state index contributed by atoms with van der Waals surface area (Å²) in [6, 6.07) is 19.2. The maximum absolute atomic E-state index is 12.5. The highest BCUT2D eigenvalue weighted by molar-refractivity contribution is 5.96. The van der Waals surface area contributed by atoms with E-state index in [9.17, 15) is 14.4 Å². The number of rotatable bonds is 7. The molecular formula is C24H22N4O6. The van der Waals surface area contributed by atoms with Crippen LogP contribution in [-0.4, -0.2) is 24.6 Å². The fourth-order valence-electron chi connectivity index (χ4n) is 3.32. The standard InChI is InChI=1S/C24H22N4O6/c25-24(31)26-19(15-5-4-8-18(11-15)34-17-6-2-1-3-7-17)13-22(29)27-28-23(30)16-9-10-20-21(12-16)33-14-32-20/h1-12,19H,13-14H2,(H,27,29)(H,28,30)(H3,25,26,31)/t19-/m1/s1. The molecule has 4 rings (SSSR count). The minimum absolute atomic E-state index is 0.0863. The van der Waals surface area contributed by atoms with E-state index in [0.29, 0.717) is 28.6 Å². The van der Waals surface area contributed by atoms with Crippen molar-refractivity contribution in [1.82, 2.24) is 16.2 Å². The van der Waals surface area contributed by atoms with E-state index < -0.39 is 23.9 Å². The third kappa shape index (κ3) is 5.74. The van der Waals surface area contributed by atoms with Crippen LogP contribution in [0.5, 0.6) is 23.0 Å². The highest BCUT2D eigenvalue weighted by atomic mass is 16.7. The lowest BCUT2D eigenvalue weighted by molar-refractivity contribution is -0.122. The van der Waals surface area contributed by atoms with Crippen LogP contribution in [0.25, 0.3) is 0 Å². The van der Waals surface area contributed by atoms with Gasteiger partial charge in [0.1, 0.15) is 11.5 Å². The Morgan fingerprint density at radius 1 is 0.882 bits per heavy atom. The number of nitrogens with two attached hydrogens (primary N) is 1. The molecule has 0 saturated carbocycles. The Kier molecular flexibility index (Phi) is 6.78. The Bertz CT molecular complexity index is 1200. The second-order valence-electron chi connectivity index (χ2n) is 7.32. The van der Waals surface area contributed by atoms with Crippen LogP contribution >= 0.6 is 0 Å². The topological polar surface area (TPSA) is 141 Å². The normalized spacial score (nSPS) is 12.4. The minimum Gasteiger partial charge on any atom is -0.457 e. The van der Waals surface area contributed by atoms with Crippen LogP contribution in [-0.2, 0) is 4.79 Å². The maximum Gasteiger partial charge on any atom is 0.312 e. The first-order chi connectivity index (χ1) is 16.5. The number of carbonyl (C=O) groups is 3. The summed E-state index contributed by atoms with van der Waals surface area (Å²) in [5.41, 5.74) is 10.9. The van der Waals surface area contributed by atoms with Gasteiger partial charge in [0.25, 0.3) is 5.91 Å². The second-order valence-corrected chi connectivity index (χ2v) is 7.32. The number of hydrogen-bond acceptors (Lipinski definition) is 6. The smallest absolute Gasteiger partial charge is 0.312 e. The van der Waals surface area contributed by atoms with E-state index in [0.717, 1.165) is 0 Å². The van der Waals surface area contributed by atoms with Gasteiger partial charge in [0, 0.05) is 5.56 Å². The number of urea groups is 1. The molecule has 34 heavy (non-hydrogen) atoms. The maximum atomic E-state index is 12.5. The van der Waals surface area contributed by atoms with Crippen molar-refractivity contribution in [1.29, 1.82) is 0 Å². The number of carbonyl (C=O) groups excluding carboxylic acids is 3. The van der Waals surface area contributed by atoms with E-state index >= 15 is 0 Å². The van der Waals surface area contributed by atoms with Gasteiger partial charge < -0.3 is 25.3 Å². The summed E-state index contributed by atoms with van der Waals surface area (Å²) in [4.78, 5) is 36.4. The van der Waals surface area contributed by atoms with Crippen molar-refractivity contribution in [3.05, 3.63) is 83.9 Å². The number of hydrogen-bond donors (Lipinski definition) is 4. The first-order valence-electron chi connectivity index (χ1n) is 10.4. The highest BCUT2D eigenvalue weighted by Crippen LogP contribution is 2.32. The summed E-state index contributed by atoms with van der Waals surface area (Å²) >= 11 is 0. The van der Waals surface area contributed by atoms with Crippen molar-refractivity contribution in [3.8, 4) is 23.0 Å². The summed E-state index contributed by atoms with van der Waals surface area (Å²) < 4.78 is 16.3. The third-order valence-electron chi connectivity index (χ3n) is 4.90. The molecule has 3 aromatic carbocycles. The zero-order valence-corrected chi connectivity index (χ0v) is 17.9. The molecule has 0 fully saturated rings. The van der Waals surface area contributed by atoms with Gasteiger partial charge in [0.05, 0.1) is 12.5 Å². The molecule has 0 saturated heterocycles. The van der Waals surface area contributed by atoms with Crippen LogP contribution in [0.4, 0.5) is 4.79 Å². The average Bonchev–Trinajstić information content (AvgIpc) is 3.31. The van der Waals surface area contributed by atoms with E-state index in [-0.39, 0.29) is 18.8 Å². The zero-order chi connectivity index (χ0) is 23.9. The Balaban J connectivity index is 1.39. The van der Waals surface area contributed by atoms with E-state index in [2.05, 4.69) is 16.2 Å². The molecule has 0 aromatic heterocycles. The third-order valence-corrected chi connectivity index (χ3v) is 4.90. The molecule has 0 unspecified atom stereocenters. The molecule has 1 aliphatic heterocycles. The van der Waals surface area contributed by atoms with Crippen molar-refractivity contribution in [3.63, 3.8) is 0 Å². The van der Waals surface area contributed by atoms with Crippen molar-refractivity contribution in [2.75, 3.05) is 6.79 Å². The second kappa shape index (κ2) is 10.3. The molecule has 0 bridgehead atoms. The Morgan fingerprint density at radius 3 is 2.44 bits per heavy atom. The summed E-state index contributed by atoms with van der Waals surface area (Å²) in [5, 5.41) is 2.55. The van der Waals surface area contributed by atoms with Crippen molar-refractivity contribution < 1.29 is 28.6 Å². The van der Waals surface area contributed by atoms with Crippen LogP contribution in [0.3, 0.4) is 0 Å². The summed E-state index contributed by atoms with van der Waals surface area (Å²) in [6.07, 6.45) is -0.181. The molecule has 174 valence electrons. The monoisotopic (exact) mass is 462 g/mol.